The van der Waals surface area contributed by atoms with Gasteiger partial charge in [-0.2, -0.15) is 0 Å². The summed E-state index contributed by atoms with van der Waals surface area (Å²) in [4.78, 5) is 15.8. The molecule has 0 fully saturated rings. The second-order valence-electron chi connectivity index (χ2n) is 17.9. The molecule has 10 aromatic carbocycles. The fourth-order valence-corrected chi connectivity index (χ4v) is 10.9. The Bertz CT molecular complexity index is 4540. The zero-order chi connectivity index (χ0) is 45.9. The fraction of sp³-hybridized carbons (Fsp3) is 0. The van der Waals surface area contributed by atoms with E-state index in [1.54, 1.807) is 0 Å². The first-order valence-electron chi connectivity index (χ1n) is 23.5. The number of hydrogen-bond acceptors (Lipinski definition) is 5. The molecule has 7 nitrogen and oxygen atoms in total. The SMILES string of the molecule is c1ccc(-c2nc(-c3ccc4c(c3)c3ccccc3n4-c3ccccc3)nc(-c3cccc4oc5ccc(-c6c(-n7c8ccccc8c8ccccc87)ccc7oc8ccccc8c67)cc5c34)n2)cc1. The minimum absolute atomic E-state index is 0.559. The van der Waals surface area contributed by atoms with E-state index in [4.69, 9.17) is 23.8 Å². The van der Waals surface area contributed by atoms with Crippen LogP contribution >= 0.6 is 0 Å². The molecular formula is C63H37N5O2. The van der Waals surface area contributed by atoms with E-state index in [9.17, 15) is 0 Å². The molecule has 70 heavy (non-hydrogen) atoms. The average molecular weight is 896 g/mol. The van der Waals surface area contributed by atoms with Crippen molar-refractivity contribution in [3.63, 3.8) is 0 Å². The van der Waals surface area contributed by atoms with Crippen LogP contribution in [-0.2, 0) is 0 Å². The van der Waals surface area contributed by atoms with Gasteiger partial charge in [0.1, 0.15) is 22.3 Å². The van der Waals surface area contributed by atoms with Crippen LogP contribution in [0.25, 0.3) is 144 Å². The van der Waals surface area contributed by atoms with Gasteiger partial charge in [0.05, 0.1) is 27.8 Å². The lowest BCUT2D eigenvalue weighted by Gasteiger charge is -2.16. The average Bonchev–Trinajstić information content (AvgIpc) is 4.18. The van der Waals surface area contributed by atoms with Crippen molar-refractivity contribution in [1.82, 2.24) is 24.1 Å². The van der Waals surface area contributed by atoms with Gasteiger partial charge in [-0.3, -0.25) is 0 Å². The molecule has 5 heterocycles. The van der Waals surface area contributed by atoms with E-state index in [2.05, 4.69) is 191 Å². The van der Waals surface area contributed by atoms with Gasteiger partial charge in [0.2, 0.25) is 0 Å². The molecule has 0 amide bonds. The molecule has 7 heteroatoms. The number of hydrogen-bond donors (Lipinski definition) is 0. The highest BCUT2D eigenvalue weighted by Gasteiger charge is 2.24. The molecule has 0 spiro atoms. The van der Waals surface area contributed by atoms with E-state index >= 15 is 0 Å². The highest BCUT2D eigenvalue weighted by Crippen LogP contribution is 2.46. The summed E-state index contributed by atoms with van der Waals surface area (Å²) in [7, 11) is 0. The lowest BCUT2D eigenvalue weighted by Crippen LogP contribution is -2.00. The number of benzene rings is 10. The van der Waals surface area contributed by atoms with E-state index < -0.39 is 0 Å². The Hall–Kier alpha value is -9.59. The van der Waals surface area contributed by atoms with Gasteiger partial charge in [0, 0.05) is 71.0 Å². The van der Waals surface area contributed by atoms with Gasteiger partial charge in [-0.05, 0) is 90.5 Å². The second kappa shape index (κ2) is 15.0. The Morgan fingerprint density at radius 2 is 0.814 bits per heavy atom. The summed E-state index contributed by atoms with van der Waals surface area (Å²) in [5, 5.41) is 8.69. The molecule has 326 valence electrons. The van der Waals surface area contributed by atoms with Crippen LogP contribution in [-0.4, -0.2) is 24.1 Å². The predicted molar refractivity (Wildman–Crippen MR) is 285 cm³/mol. The van der Waals surface area contributed by atoms with Crippen LogP contribution < -0.4 is 0 Å². The topological polar surface area (TPSA) is 74.8 Å². The predicted octanol–water partition coefficient (Wildman–Crippen LogP) is 16.5. The third-order valence-corrected chi connectivity index (χ3v) is 14.0. The first kappa shape index (κ1) is 38.5. The highest BCUT2D eigenvalue weighted by molar-refractivity contribution is 6.19. The number of furan rings is 2. The number of rotatable bonds is 6. The third-order valence-electron chi connectivity index (χ3n) is 14.0. The van der Waals surface area contributed by atoms with Gasteiger partial charge in [-0.1, -0.05) is 140 Å². The molecule has 0 atom stereocenters. The standard InChI is InChI=1S/C63H37N5O2/c1-3-16-38(17-4-1)61-64-62(40-30-32-52-47(37-40)44-22-9-11-25-49(44)67(52)41-18-5-2-6-19-41)66-63(65-61)46-24-15-29-56-59(46)48-36-39(31-34-55(48)70-56)58-53(33-35-57-60(58)45-23-10-14-28-54(45)69-57)68-50-26-12-7-20-42(50)43-21-8-13-27-51(43)68/h1-37H. The maximum Gasteiger partial charge on any atom is 0.164 e. The van der Waals surface area contributed by atoms with Crippen molar-refractivity contribution in [3.05, 3.63) is 224 Å². The maximum atomic E-state index is 6.73. The molecule has 0 aliphatic heterocycles. The van der Waals surface area contributed by atoms with Gasteiger partial charge in [0.25, 0.3) is 0 Å². The quantitative estimate of drug-likeness (QED) is 0.166. The Kier molecular flexibility index (Phi) is 8.23. The van der Waals surface area contributed by atoms with Crippen molar-refractivity contribution >= 4 is 87.5 Å². The van der Waals surface area contributed by atoms with Crippen LogP contribution in [0.15, 0.2) is 233 Å². The summed E-state index contributed by atoms with van der Waals surface area (Å²) < 4.78 is 18.0. The van der Waals surface area contributed by atoms with Gasteiger partial charge >= 0.3 is 0 Å². The van der Waals surface area contributed by atoms with Gasteiger partial charge in [-0.25, -0.2) is 15.0 Å². The van der Waals surface area contributed by atoms with Crippen LogP contribution in [0.4, 0.5) is 0 Å². The lowest BCUT2D eigenvalue weighted by molar-refractivity contribution is 0.669. The zero-order valence-electron chi connectivity index (χ0n) is 37.4. The molecule has 0 radical (unpaired) electrons. The van der Waals surface area contributed by atoms with E-state index in [0.717, 1.165) is 116 Å². The first-order chi connectivity index (χ1) is 34.7. The summed E-state index contributed by atoms with van der Waals surface area (Å²) >= 11 is 0. The Labute approximate surface area is 399 Å². The number of para-hydroxylation sites is 5. The van der Waals surface area contributed by atoms with E-state index in [1.165, 1.54) is 10.8 Å². The summed E-state index contributed by atoms with van der Waals surface area (Å²) in [6.07, 6.45) is 0. The number of aromatic nitrogens is 5. The van der Waals surface area contributed by atoms with Crippen LogP contribution in [0.5, 0.6) is 0 Å². The van der Waals surface area contributed by atoms with Crippen molar-refractivity contribution in [1.29, 1.82) is 0 Å². The molecule has 0 saturated heterocycles. The Morgan fingerprint density at radius 1 is 0.300 bits per heavy atom. The highest BCUT2D eigenvalue weighted by atomic mass is 16.3. The van der Waals surface area contributed by atoms with Crippen LogP contribution in [0.2, 0.25) is 0 Å². The molecule has 0 N–H and O–H groups in total. The molecule has 0 aliphatic carbocycles. The molecule has 15 aromatic rings. The molecule has 15 rings (SSSR count). The van der Waals surface area contributed by atoms with Gasteiger partial charge < -0.3 is 18.0 Å². The lowest BCUT2D eigenvalue weighted by atomic mass is 9.95. The molecule has 5 aromatic heterocycles. The molecule has 0 bridgehead atoms. The smallest absolute Gasteiger partial charge is 0.164 e. The zero-order valence-corrected chi connectivity index (χ0v) is 37.4. The molecule has 0 aliphatic rings. The van der Waals surface area contributed by atoms with Crippen molar-refractivity contribution in [3.8, 4) is 56.7 Å². The largest absolute Gasteiger partial charge is 0.456 e. The monoisotopic (exact) mass is 895 g/mol. The van der Waals surface area contributed by atoms with Crippen molar-refractivity contribution < 1.29 is 8.83 Å². The molecular weight excluding hydrogens is 859 g/mol. The van der Waals surface area contributed by atoms with Crippen LogP contribution in [0.1, 0.15) is 0 Å². The Morgan fingerprint density at radius 3 is 1.56 bits per heavy atom. The minimum atomic E-state index is 0.559. The van der Waals surface area contributed by atoms with Crippen LogP contribution in [0, 0.1) is 0 Å². The Balaban J connectivity index is 0.969. The van der Waals surface area contributed by atoms with Crippen LogP contribution in [0.3, 0.4) is 0 Å². The summed E-state index contributed by atoms with van der Waals surface area (Å²) in [6, 6.07) is 78.4. The van der Waals surface area contributed by atoms with Gasteiger partial charge in [0.15, 0.2) is 17.5 Å². The summed E-state index contributed by atoms with van der Waals surface area (Å²) in [5.74, 6) is 1.73. The maximum absolute atomic E-state index is 6.73. The van der Waals surface area contributed by atoms with E-state index in [-0.39, 0.29) is 0 Å². The van der Waals surface area contributed by atoms with E-state index in [0.29, 0.717) is 17.5 Å². The van der Waals surface area contributed by atoms with E-state index in [1.807, 2.05) is 42.5 Å². The second-order valence-corrected chi connectivity index (χ2v) is 17.9. The normalized spacial score (nSPS) is 12.0. The van der Waals surface area contributed by atoms with Crippen molar-refractivity contribution in [2.24, 2.45) is 0 Å². The first-order valence-corrected chi connectivity index (χ1v) is 23.5. The molecule has 0 unspecified atom stereocenters. The third kappa shape index (κ3) is 5.72. The van der Waals surface area contributed by atoms with Gasteiger partial charge in [-0.15, -0.1) is 0 Å². The van der Waals surface area contributed by atoms with Crippen molar-refractivity contribution in [2.75, 3.05) is 0 Å². The molecule has 0 saturated carbocycles. The van der Waals surface area contributed by atoms with Crippen molar-refractivity contribution in [2.45, 2.75) is 0 Å². The minimum Gasteiger partial charge on any atom is -0.456 e. The number of fused-ring (bicyclic) bond motifs is 12. The summed E-state index contributed by atoms with van der Waals surface area (Å²) in [6.45, 7) is 0. The fourth-order valence-electron chi connectivity index (χ4n) is 10.9. The summed E-state index contributed by atoms with van der Waals surface area (Å²) in [5.41, 5.74) is 14.6. The number of nitrogens with zero attached hydrogens (tertiary/aromatic N) is 5.